The van der Waals surface area contributed by atoms with Gasteiger partial charge in [0.05, 0.1) is 0 Å². The molecule has 0 radical (unpaired) electrons. The fraction of sp³-hybridized carbons (Fsp3) is 0.444. The van der Waals surface area contributed by atoms with Gasteiger partial charge < -0.3 is 9.88 Å². The summed E-state index contributed by atoms with van der Waals surface area (Å²) >= 11 is 5.55. The van der Waals surface area contributed by atoms with Crippen LogP contribution in [0.1, 0.15) is 13.3 Å². The van der Waals surface area contributed by atoms with Gasteiger partial charge in [-0.05, 0) is 6.92 Å². The molecule has 0 unspecified atom stereocenters. The molecule has 0 spiro atoms. The van der Waals surface area contributed by atoms with Crippen LogP contribution >= 0.6 is 11.6 Å². The number of amides is 1. The summed E-state index contributed by atoms with van der Waals surface area (Å²) in [5.74, 6) is -0.0858. The number of hydrogen-bond donors (Lipinski definition) is 1. The van der Waals surface area contributed by atoms with Crippen LogP contribution in [-0.2, 0) is 11.3 Å². The Kier molecular flexibility index (Phi) is 4.30. The highest BCUT2D eigenvalue weighted by Gasteiger charge is 2.04. The number of nitrogens with zero attached hydrogens (tertiary/aromatic N) is 2. The van der Waals surface area contributed by atoms with Crippen molar-refractivity contribution in [3.05, 3.63) is 27.9 Å². The molecule has 1 aromatic heterocycles. The zero-order valence-corrected chi connectivity index (χ0v) is 9.12. The molecular weight excluding hydrogens is 218 g/mol. The van der Waals surface area contributed by atoms with Crippen LogP contribution in [-0.4, -0.2) is 22.0 Å². The Morgan fingerprint density at radius 2 is 2.40 bits per heavy atom. The van der Waals surface area contributed by atoms with E-state index in [1.54, 1.807) is 0 Å². The first-order valence-corrected chi connectivity index (χ1v) is 5.00. The van der Waals surface area contributed by atoms with Crippen LogP contribution in [0.2, 0.25) is 5.15 Å². The third-order valence-electron chi connectivity index (χ3n) is 1.83. The molecule has 0 fully saturated rings. The van der Waals surface area contributed by atoms with Gasteiger partial charge in [0.1, 0.15) is 0 Å². The second-order valence-corrected chi connectivity index (χ2v) is 3.28. The first kappa shape index (κ1) is 11.7. The topological polar surface area (TPSA) is 64.0 Å². The number of rotatable bonds is 4. The van der Waals surface area contributed by atoms with Crippen LogP contribution in [0.3, 0.4) is 0 Å². The van der Waals surface area contributed by atoms with Gasteiger partial charge >= 0.3 is 0 Å². The van der Waals surface area contributed by atoms with Gasteiger partial charge in [0.2, 0.25) is 5.91 Å². The highest BCUT2D eigenvalue weighted by molar-refractivity contribution is 6.29. The number of aryl methyl sites for hydroxylation is 1. The molecule has 6 heteroatoms. The van der Waals surface area contributed by atoms with Crippen LogP contribution in [0, 0.1) is 0 Å². The molecule has 0 aromatic carbocycles. The predicted octanol–water partition coefficient (Wildman–Crippen LogP) is 0.423. The maximum absolute atomic E-state index is 11.4. The average Bonchev–Trinajstić information content (AvgIpc) is 2.21. The van der Waals surface area contributed by atoms with Crippen LogP contribution in [0.25, 0.3) is 0 Å². The molecule has 0 saturated carbocycles. The van der Waals surface area contributed by atoms with Crippen LogP contribution in [0.15, 0.2) is 17.2 Å². The summed E-state index contributed by atoms with van der Waals surface area (Å²) in [5.41, 5.74) is -0.372. The van der Waals surface area contributed by atoms with Gasteiger partial charge in [-0.2, -0.15) is 0 Å². The molecule has 1 N–H and O–H groups in total. The average molecular weight is 230 g/mol. The third kappa shape index (κ3) is 3.36. The lowest BCUT2D eigenvalue weighted by Gasteiger charge is -2.05. The second kappa shape index (κ2) is 5.50. The summed E-state index contributed by atoms with van der Waals surface area (Å²) in [6, 6.07) is 0. The Balaban J connectivity index is 2.62. The van der Waals surface area contributed by atoms with Crippen molar-refractivity contribution in [2.45, 2.75) is 19.9 Å². The number of nitrogens with one attached hydrogen (secondary N) is 1. The molecule has 1 amide bonds. The van der Waals surface area contributed by atoms with E-state index in [1.165, 1.54) is 17.0 Å². The van der Waals surface area contributed by atoms with E-state index in [0.717, 1.165) is 0 Å². The van der Waals surface area contributed by atoms with Crippen LogP contribution in [0.4, 0.5) is 0 Å². The van der Waals surface area contributed by atoms with E-state index in [9.17, 15) is 9.59 Å². The lowest BCUT2D eigenvalue weighted by Crippen LogP contribution is -2.27. The predicted molar refractivity (Wildman–Crippen MR) is 56.8 cm³/mol. The minimum absolute atomic E-state index is 0.0756. The quantitative estimate of drug-likeness (QED) is 0.814. The highest BCUT2D eigenvalue weighted by atomic mass is 35.5. The maximum atomic E-state index is 11.4. The molecule has 0 saturated heterocycles. The molecule has 0 aliphatic rings. The third-order valence-corrected chi connectivity index (χ3v) is 2.08. The zero-order chi connectivity index (χ0) is 11.3. The van der Waals surface area contributed by atoms with Gasteiger partial charge in [-0.25, -0.2) is 4.98 Å². The Labute approximate surface area is 92.1 Å². The van der Waals surface area contributed by atoms with Gasteiger partial charge in [-0.3, -0.25) is 9.59 Å². The van der Waals surface area contributed by atoms with E-state index < -0.39 is 0 Å². The fourth-order valence-corrected chi connectivity index (χ4v) is 1.27. The molecule has 1 aromatic rings. The van der Waals surface area contributed by atoms with E-state index >= 15 is 0 Å². The normalized spacial score (nSPS) is 10.0. The lowest BCUT2D eigenvalue weighted by molar-refractivity contribution is -0.121. The van der Waals surface area contributed by atoms with E-state index in [4.69, 9.17) is 11.6 Å². The van der Waals surface area contributed by atoms with Crippen molar-refractivity contribution in [1.29, 1.82) is 0 Å². The molecule has 0 bridgehead atoms. The van der Waals surface area contributed by atoms with Crippen molar-refractivity contribution in [3.63, 3.8) is 0 Å². The maximum Gasteiger partial charge on any atom is 0.288 e. The summed E-state index contributed by atoms with van der Waals surface area (Å²) in [5, 5.41) is 2.57. The van der Waals surface area contributed by atoms with Crippen molar-refractivity contribution in [1.82, 2.24) is 14.9 Å². The lowest BCUT2D eigenvalue weighted by atomic mass is 10.4. The zero-order valence-electron chi connectivity index (χ0n) is 8.36. The van der Waals surface area contributed by atoms with Gasteiger partial charge in [0, 0.05) is 31.9 Å². The standard InChI is InChI=1S/C9H12ClN3O2/c1-2-11-7(14)3-5-13-6-4-12-8(10)9(13)15/h4,6H,2-3,5H2,1H3,(H,11,14). The Morgan fingerprint density at radius 1 is 1.67 bits per heavy atom. The number of carbonyl (C=O) groups excluding carboxylic acids is 1. The van der Waals surface area contributed by atoms with Gasteiger partial charge in [0.25, 0.3) is 5.56 Å². The van der Waals surface area contributed by atoms with E-state index in [1.807, 2.05) is 6.92 Å². The molecular formula is C9H12ClN3O2. The molecule has 1 rings (SSSR count). The number of hydrogen-bond acceptors (Lipinski definition) is 3. The van der Waals surface area contributed by atoms with Crippen molar-refractivity contribution < 1.29 is 4.79 Å². The minimum Gasteiger partial charge on any atom is -0.356 e. The largest absolute Gasteiger partial charge is 0.356 e. The SMILES string of the molecule is CCNC(=O)CCn1ccnc(Cl)c1=O. The van der Waals surface area contributed by atoms with Crippen molar-refractivity contribution in [2.24, 2.45) is 0 Å². The number of aromatic nitrogens is 2. The summed E-state index contributed by atoms with van der Waals surface area (Å²) in [6.07, 6.45) is 3.20. The summed E-state index contributed by atoms with van der Waals surface area (Å²) < 4.78 is 1.37. The fourth-order valence-electron chi connectivity index (χ4n) is 1.10. The van der Waals surface area contributed by atoms with Gasteiger partial charge in [-0.1, -0.05) is 11.6 Å². The smallest absolute Gasteiger partial charge is 0.288 e. The summed E-state index contributed by atoms with van der Waals surface area (Å²) in [6.45, 7) is 2.74. The van der Waals surface area contributed by atoms with E-state index in [0.29, 0.717) is 13.1 Å². The van der Waals surface area contributed by atoms with Gasteiger partial charge in [-0.15, -0.1) is 0 Å². The summed E-state index contributed by atoms with van der Waals surface area (Å²) in [7, 11) is 0. The number of halogens is 1. The first-order valence-electron chi connectivity index (χ1n) is 4.62. The molecule has 1 heterocycles. The highest BCUT2D eigenvalue weighted by Crippen LogP contribution is 1.94. The number of carbonyl (C=O) groups is 1. The molecule has 82 valence electrons. The minimum atomic E-state index is -0.372. The molecule has 0 aliphatic heterocycles. The van der Waals surface area contributed by atoms with E-state index in [2.05, 4.69) is 10.3 Å². The first-order chi connectivity index (χ1) is 7.15. The Hall–Kier alpha value is -1.36. The summed E-state index contributed by atoms with van der Waals surface area (Å²) in [4.78, 5) is 26.1. The molecule has 0 atom stereocenters. The van der Waals surface area contributed by atoms with E-state index in [-0.39, 0.29) is 23.0 Å². The van der Waals surface area contributed by atoms with Crippen LogP contribution < -0.4 is 10.9 Å². The second-order valence-electron chi connectivity index (χ2n) is 2.92. The van der Waals surface area contributed by atoms with Crippen molar-refractivity contribution in [3.8, 4) is 0 Å². The molecule has 0 aliphatic carbocycles. The monoisotopic (exact) mass is 229 g/mol. The van der Waals surface area contributed by atoms with Crippen molar-refractivity contribution in [2.75, 3.05) is 6.54 Å². The Bertz CT molecular complexity index is 403. The molecule has 15 heavy (non-hydrogen) atoms. The van der Waals surface area contributed by atoms with Crippen molar-refractivity contribution >= 4 is 17.5 Å². The molecule has 5 nitrogen and oxygen atoms in total. The Morgan fingerprint density at radius 3 is 3.07 bits per heavy atom. The van der Waals surface area contributed by atoms with Gasteiger partial charge in [0.15, 0.2) is 5.15 Å². The van der Waals surface area contributed by atoms with Crippen LogP contribution in [0.5, 0.6) is 0 Å².